The van der Waals surface area contributed by atoms with Crippen molar-refractivity contribution in [3.63, 3.8) is 0 Å². The second kappa shape index (κ2) is 7.40. The highest BCUT2D eigenvalue weighted by Gasteiger charge is 2.68. The van der Waals surface area contributed by atoms with Crippen LogP contribution < -0.4 is 0 Å². The van der Waals surface area contributed by atoms with E-state index >= 15 is 0 Å². The van der Waals surface area contributed by atoms with Crippen molar-refractivity contribution in [3.05, 3.63) is 11.6 Å². The van der Waals surface area contributed by atoms with Crippen molar-refractivity contribution in [1.29, 1.82) is 0 Å². The second-order valence-corrected chi connectivity index (χ2v) is 18.3. The van der Waals surface area contributed by atoms with E-state index in [0.29, 0.717) is 37.1 Å². The number of hydrogen-bond acceptors (Lipinski definition) is 4. The lowest BCUT2D eigenvalue weighted by atomic mass is 9.48. The fourth-order valence-corrected chi connectivity index (χ4v) is 9.48. The Morgan fingerprint density at radius 1 is 1.03 bits per heavy atom. The van der Waals surface area contributed by atoms with Crippen LogP contribution in [0.1, 0.15) is 79.6 Å². The summed E-state index contributed by atoms with van der Waals surface area (Å²) in [5, 5.41) is 11.8. The molecule has 4 nitrogen and oxygen atoms in total. The fraction of sp³-hybridized carbons (Fsp3) is 0.926. The van der Waals surface area contributed by atoms with Gasteiger partial charge >= 0.3 is 0 Å². The molecule has 0 aromatic rings. The third-order valence-electron chi connectivity index (χ3n) is 11.2. The summed E-state index contributed by atoms with van der Waals surface area (Å²) in [6.45, 7) is 17.9. The molecule has 1 heterocycles. The van der Waals surface area contributed by atoms with Gasteiger partial charge in [0.2, 0.25) is 0 Å². The molecule has 1 N–H and O–H groups in total. The first-order valence-corrected chi connectivity index (χ1v) is 16.1. The van der Waals surface area contributed by atoms with E-state index in [9.17, 15) is 5.11 Å². The van der Waals surface area contributed by atoms with E-state index in [1.54, 1.807) is 5.57 Å². The van der Waals surface area contributed by atoms with Crippen LogP contribution in [-0.4, -0.2) is 44.6 Å². The Bertz CT molecular complexity index is 779. The molecule has 0 bridgehead atoms. The molecule has 0 amide bonds. The van der Waals surface area contributed by atoms with E-state index in [-0.39, 0.29) is 15.9 Å². The van der Waals surface area contributed by atoms with Crippen molar-refractivity contribution in [1.82, 2.24) is 0 Å². The number of fused-ring (bicyclic) bond motifs is 6. The van der Waals surface area contributed by atoms with Crippen molar-refractivity contribution in [3.8, 4) is 0 Å². The highest BCUT2D eigenvalue weighted by Crippen LogP contribution is 2.67. The zero-order valence-corrected chi connectivity index (χ0v) is 22.5. The summed E-state index contributed by atoms with van der Waals surface area (Å²) < 4.78 is 19.3. The molecule has 5 aliphatic rings. The first-order valence-electron chi connectivity index (χ1n) is 13.2. The summed E-state index contributed by atoms with van der Waals surface area (Å²) in [5.41, 5.74) is 1.43. The van der Waals surface area contributed by atoms with E-state index in [1.807, 2.05) is 0 Å². The third-order valence-corrected chi connectivity index (χ3v) is 15.7. The Balaban J connectivity index is 1.39. The average molecular weight is 463 g/mol. The molecule has 0 aromatic carbocycles. The number of allylic oxidation sites excluding steroid dienone is 1. The SMILES string of the molecule is CC(C)(C)[Si](C)(C)O[C@H]1CC[C@]2(C)C3=C[C@H](O)[C@@]4(C)C(CCC45OCCO5)C3CC[C@@H]2C1. The van der Waals surface area contributed by atoms with Gasteiger partial charge in [0.15, 0.2) is 14.1 Å². The van der Waals surface area contributed by atoms with Crippen LogP contribution >= 0.6 is 0 Å². The minimum atomic E-state index is -1.75. The van der Waals surface area contributed by atoms with Crippen LogP contribution in [0.4, 0.5) is 0 Å². The average Bonchev–Trinajstić information content (AvgIpc) is 3.29. The van der Waals surface area contributed by atoms with Gasteiger partial charge in [0.05, 0.1) is 24.7 Å². The van der Waals surface area contributed by atoms with E-state index in [0.717, 1.165) is 19.3 Å². The first kappa shape index (κ1) is 23.5. The number of aliphatic hydroxyl groups excluding tert-OH is 1. The standard InChI is InChI=1S/C27H46O4Si/c1-24(2,3)32(6,7)31-19-10-12-25(4)18(16-19)8-9-20-21-11-13-27(29-14-15-30-27)26(21,5)23(28)17-22(20)25/h17-21,23,28H,8-16H2,1-7H3/t18-,19+,20?,21?,23+,25+,26-/m1/s1. The molecule has 2 unspecified atom stereocenters. The minimum Gasteiger partial charge on any atom is -0.414 e. The van der Waals surface area contributed by atoms with Gasteiger partial charge in [-0.2, -0.15) is 0 Å². The molecule has 1 spiro atoms. The van der Waals surface area contributed by atoms with Crippen LogP contribution in [-0.2, 0) is 13.9 Å². The molecule has 0 aromatic heterocycles. The van der Waals surface area contributed by atoms with Crippen molar-refractivity contribution < 1.29 is 19.0 Å². The molecule has 4 fully saturated rings. The maximum atomic E-state index is 11.5. The number of aliphatic hydroxyl groups is 1. The van der Waals surface area contributed by atoms with Crippen LogP contribution in [0.2, 0.25) is 18.1 Å². The highest BCUT2D eigenvalue weighted by molar-refractivity contribution is 6.74. The Morgan fingerprint density at radius 3 is 2.38 bits per heavy atom. The molecule has 0 radical (unpaired) electrons. The topological polar surface area (TPSA) is 47.9 Å². The predicted octanol–water partition coefficient (Wildman–Crippen LogP) is 6.05. The second-order valence-electron chi connectivity index (χ2n) is 13.5. The maximum Gasteiger partial charge on any atom is 0.192 e. The Morgan fingerprint density at radius 2 is 1.72 bits per heavy atom. The van der Waals surface area contributed by atoms with Crippen LogP contribution in [0.25, 0.3) is 0 Å². The van der Waals surface area contributed by atoms with E-state index in [4.69, 9.17) is 13.9 Å². The molecule has 5 rings (SSSR count). The van der Waals surface area contributed by atoms with E-state index < -0.39 is 20.2 Å². The molecule has 7 atom stereocenters. The van der Waals surface area contributed by atoms with Crippen molar-refractivity contribution in [2.24, 2.45) is 28.6 Å². The Labute approximate surface area is 196 Å². The van der Waals surface area contributed by atoms with Gasteiger partial charge in [-0.15, -0.1) is 0 Å². The molecular weight excluding hydrogens is 416 g/mol. The third kappa shape index (κ3) is 3.13. The zero-order chi connectivity index (χ0) is 23.2. The van der Waals surface area contributed by atoms with Gasteiger partial charge in [0, 0.05) is 12.5 Å². The van der Waals surface area contributed by atoms with Gasteiger partial charge in [-0.1, -0.05) is 46.3 Å². The Hall–Kier alpha value is -0.203. The lowest BCUT2D eigenvalue weighted by Gasteiger charge is -2.59. The molecule has 1 saturated heterocycles. The number of hydrogen-bond donors (Lipinski definition) is 1. The van der Waals surface area contributed by atoms with E-state index in [1.165, 1.54) is 25.7 Å². The molecule has 32 heavy (non-hydrogen) atoms. The van der Waals surface area contributed by atoms with Crippen molar-refractivity contribution in [2.75, 3.05) is 13.2 Å². The van der Waals surface area contributed by atoms with Gasteiger partial charge in [-0.3, -0.25) is 0 Å². The predicted molar refractivity (Wildman–Crippen MR) is 130 cm³/mol. The largest absolute Gasteiger partial charge is 0.414 e. The van der Waals surface area contributed by atoms with Crippen LogP contribution in [0.3, 0.4) is 0 Å². The Kier molecular flexibility index (Phi) is 5.44. The van der Waals surface area contributed by atoms with Gasteiger partial charge in [0.25, 0.3) is 0 Å². The highest BCUT2D eigenvalue weighted by atomic mass is 28.4. The molecule has 5 heteroatoms. The van der Waals surface area contributed by atoms with Crippen LogP contribution in [0, 0.1) is 28.6 Å². The lowest BCUT2D eigenvalue weighted by Crippen LogP contribution is -2.58. The summed E-state index contributed by atoms with van der Waals surface area (Å²) in [7, 11) is -1.75. The van der Waals surface area contributed by atoms with Gasteiger partial charge < -0.3 is 19.0 Å². The number of rotatable bonds is 2. The summed E-state index contributed by atoms with van der Waals surface area (Å²) >= 11 is 0. The summed E-state index contributed by atoms with van der Waals surface area (Å²) in [5.74, 6) is 1.11. The maximum absolute atomic E-state index is 11.5. The zero-order valence-electron chi connectivity index (χ0n) is 21.5. The van der Waals surface area contributed by atoms with E-state index in [2.05, 4.69) is 53.8 Å². The van der Waals surface area contributed by atoms with Crippen LogP contribution in [0.15, 0.2) is 11.6 Å². The normalized spacial score (nSPS) is 45.9. The molecule has 182 valence electrons. The first-order chi connectivity index (χ1) is 14.8. The molecule has 4 aliphatic carbocycles. The fourth-order valence-electron chi connectivity index (χ4n) is 8.08. The number of ether oxygens (including phenoxy) is 2. The quantitative estimate of drug-likeness (QED) is 0.401. The van der Waals surface area contributed by atoms with Crippen molar-refractivity contribution >= 4 is 8.32 Å². The van der Waals surface area contributed by atoms with Gasteiger partial charge in [-0.25, -0.2) is 0 Å². The monoisotopic (exact) mass is 462 g/mol. The lowest BCUT2D eigenvalue weighted by molar-refractivity contribution is -0.252. The summed E-state index contributed by atoms with van der Waals surface area (Å²) in [4.78, 5) is 0. The minimum absolute atomic E-state index is 0.200. The van der Waals surface area contributed by atoms with Crippen LogP contribution in [0.5, 0.6) is 0 Å². The van der Waals surface area contributed by atoms with Gasteiger partial charge in [0.1, 0.15) is 0 Å². The van der Waals surface area contributed by atoms with Crippen molar-refractivity contribution in [2.45, 2.75) is 116 Å². The molecule has 1 aliphatic heterocycles. The molecular formula is C27H46O4Si. The smallest absolute Gasteiger partial charge is 0.192 e. The molecule has 3 saturated carbocycles. The summed E-state index contributed by atoms with van der Waals surface area (Å²) in [6.07, 6.45) is 10.2. The van der Waals surface area contributed by atoms with Gasteiger partial charge in [-0.05, 0) is 79.8 Å². The summed E-state index contributed by atoms with van der Waals surface area (Å²) in [6, 6.07) is 0.